The topological polar surface area (TPSA) is 136 Å². The highest BCUT2D eigenvalue weighted by Gasteiger charge is 2.19. The zero-order valence-electron chi connectivity index (χ0n) is 8.97. The summed E-state index contributed by atoms with van der Waals surface area (Å²) in [5.74, 6) is 0.172. The number of hydrogen-bond donors (Lipinski definition) is 4. The molecule has 2 heterocycles. The summed E-state index contributed by atoms with van der Waals surface area (Å²) >= 11 is 1.08. The SMILES string of the molecule is CC(Nc1snc(N)c1C(N)=O)c1ncn[nH]1. The van der Waals surface area contributed by atoms with Crippen molar-refractivity contribution in [1.29, 1.82) is 0 Å². The molecule has 1 atom stereocenters. The van der Waals surface area contributed by atoms with Gasteiger partial charge in [-0.25, -0.2) is 4.98 Å². The molecule has 9 heteroatoms. The van der Waals surface area contributed by atoms with Crippen LogP contribution < -0.4 is 16.8 Å². The van der Waals surface area contributed by atoms with E-state index >= 15 is 0 Å². The number of amides is 1. The lowest BCUT2D eigenvalue weighted by molar-refractivity contribution is 0.100. The smallest absolute Gasteiger partial charge is 0.255 e. The Kier molecular flexibility index (Phi) is 2.91. The van der Waals surface area contributed by atoms with E-state index in [0.29, 0.717) is 10.8 Å². The van der Waals surface area contributed by atoms with Crippen LogP contribution in [0.5, 0.6) is 0 Å². The summed E-state index contributed by atoms with van der Waals surface area (Å²) in [6.07, 6.45) is 1.41. The van der Waals surface area contributed by atoms with Gasteiger partial charge in [0, 0.05) is 0 Å². The molecule has 0 aromatic carbocycles. The summed E-state index contributed by atoms with van der Waals surface area (Å²) in [7, 11) is 0. The van der Waals surface area contributed by atoms with E-state index in [-0.39, 0.29) is 17.4 Å². The third kappa shape index (κ3) is 2.18. The van der Waals surface area contributed by atoms with Gasteiger partial charge in [-0.3, -0.25) is 9.89 Å². The fraction of sp³-hybridized carbons (Fsp3) is 0.250. The highest BCUT2D eigenvalue weighted by Crippen LogP contribution is 2.28. The van der Waals surface area contributed by atoms with Crippen LogP contribution in [-0.2, 0) is 0 Å². The molecule has 0 spiro atoms. The maximum atomic E-state index is 11.2. The monoisotopic (exact) mass is 253 g/mol. The van der Waals surface area contributed by atoms with Gasteiger partial charge in [-0.1, -0.05) is 0 Å². The van der Waals surface area contributed by atoms with Crippen molar-refractivity contribution in [1.82, 2.24) is 19.6 Å². The van der Waals surface area contributed by atoms with Gasteiger partial charge in [0.05, 0.1) is 6.04 Å². The minimum Gasteiger partial charge on any atom is -0.382 e. The molecule has 8 nitrogen and oxygen atoms in total. The number of carbonyl (C=O) groups is 1. The van der Waals surface area contributed by atoms with Gasteiger partial charge in [0.15, 0.2) is 5.82 Å². The molecule has 17 heavy (non-hydrogen) atoms. The number of nitrogens with zero attached hydrogens (tertiary/aromatic N) is 3. The first-order valence-corrected chi connectivity index (χ1v) is 5.53. The second-order valence-corrected chi connectivity index (χ2v) is 4.15. The lowest BCUT2D eigenvalue weighted by atomic mass is 10.2. The molecular weight excluding hydrogens is 242 g/mol. The first-order valence-electron chi connectivity index (χ1n) is 4.76. The fourth-order valence-electron chi connectivity index (χ4n) is 1.33. The Morgan fingerprint density at radius 1 is 1.65 bits per heavy atom. The largest absolute Gasteiger partial charge is 0.382 e. The van der Waals surface area contributed by atoms with Crippen LogP contribution >= 0.6 is 11.5 Å². The molecule has 2 aromatic heterocycles. The lowest BCUT2D eigenvalue weighted by Gasteiger charge is -2.10. The average molecular weight is 253 g/mol. The average Bonchev–Trinajstić information content (AvgIpc) is 2.87. The first-order chi connectivity index (χ1) is 8.09. The summed E-state index contributed by atoms with van der Waals surface area (Å²) in [4.78, 5) is 15.2. The molecule has 0 aliphatic carbocycles. The van der Waals surface area contributed by atoms with E-state index in [0.717, 1.165) is 11.5 Å². The minimum absolute atomic E-state index is 0.134. The third-order valence-corrected chi connectivity index (χ3v) is 2.95. The highest BCUT2D eigenvalue weighted by molar-refractivity contribution is 7.11. The summed E-state index contributed by atoms with van der Waals surface area (Å²) in [5, 5.41) is 10.1. The second-order valence-electron chi connectivity index (χ2n) is 3.37. The molecule has 0 saturated carbocycles. The molecule has 0 bridgehead atoms. The molecule has 1 amide bonds. The maximum Gasteiger partial charge on any atom is 0.255 e. The van der Waals surface area contributed by atoms with Crippen LogP contribution in [0.15, 0.2) is 6.33 Å². The van der Waals surface area contributed by atoms with Crippen LogP contribution in [-0.4, -0.2) is 25.5 Å². The number of aromatic amines is 1. The van der Waals surface area contributed by atoms with E-state index in [1.165, 1.54) is 6.33 Å². The van der Waals surface area contributed by atoms with Gasteiger partial charge in [0.1, 0.15) is 22.7 Å². The maximum absolute atomic E-state index is 11.2. The predicted molar refractivity (Wildman–Crippen MR) is 63.5 cm³/mol. The van der Waals surface area contributed by atoms with Gasteiger partial charge < -0.3 is 16.8 Å². The molecule has 0 radical (unpaired) electrons. The Hall–Kier alpha value is -2.16. The Labute approximate surface area is 101 Å². The number of H-pyrrole nitrogens is 1. The zero-order valence-corrected chi connectivity index (χ0v) is 9.78. The van der Waals surface area contributed by atoms with Crippen molar-refractivity contribution in [2.45, 2.75) is 13.0 Å². The molecular formula is C8H11N7OS. The van der Waals surface area contributed by atoms with Crippen LogP contribution in [0.3, 0.4) is 0 Å². The fourth-order valence-corrected chi connectivity index (χ4v) is 2.13. The summed E-state index contributed by atoms with van der Waals surface area (Å²) in [6.45, 7) is 1.86. The summed E-state index contributed by atoms with van der Waals surface area (Å²) < 4.78 is 3.88. The molecule has 2 aromatic rings. The van der Waals surface area contributed by atoms with E-state index in [9.17, 15) is 4.79 Å². The number of nitrogen functional groups attached to an aromatic ring is 1. The van der Waals surface area contributed by atoms with Crippen molar-refractivity contribution < 1.29 is 4.79 Å². The van der Waals surface area contributed by atoms with E-state index in [1.54, 1.807) is 0 Å². The van der Waals surface area contributed by atoms with Crippen LogP contribution in [0.2, 0.25) is 0 Å². The minimum atomic E-state index is -0.608. The summed E-state index contributed by atoms with van der Waals surface area (Å²) in [6, 6.07) is -0.157. The number of carbonyl (C=O) groups excluding carboxylic acids is 1. The van der Waals surface area contributed by atoms with Crippen molar-refractivity contribution in [2.75, 3.05) is 11.1 Å². The number of rotatable bonds is 4. The zero-order chi connectivity index (χ0) is 12.4. The number of nitrogens with one attached hydrogen (secondary N) is 2. The standard InChI is InChI=1S/C8H11N7OS/c1-3(7-11-2-12-14-7)13-8-4(6(10)16)5(9)15-17-8/h2-3,13H,1H3,(H2,9,15)(H2,10,16)(H,11,12,14). The Morgan fingerprint density at radius 3 is 3.00 bits per heavy atom. The van der Waals surface area contributed by atoms with Crippen LogP contribution in [0, 0.1) is 0 Å². The van der Waals surface area contributed by atoms with Gasteiger partial charge >= 0.3 is 0 Å². The third-order valence-electron chi connectivity index (χ3n) is 2.16. The van der Waals surface area contributed by atoms with Gasteiger partial charge in [-0.15, -0.1) is 0 Å². The van der Waals surface area contributed by atoms with Gasteiger partial charge in [0.2, 0.25) is 0 Å². The van der Waals surface area contributed by atoms with E-state index in [1.807, 2.05) is 6.92 Å². The van der Waals surface area contributed by atoms with Crippen molar-refractivity contribution in [2.24, 2.45) is 5.73 Å². The van der Waals surface area contributed by atoms with Gasteiger partial charge in [0.25, 0.3) is 5.91 Å². The van der Waals surface area contributed by atoms with Crippen molar-refractivity contribution in [3.05, 3.63) is 17.7 Å². The van der Waals surface area contributed by atoms with E-state index < -0.39 is 5.91 Å². The van der Waals surface area contributed by atoms with Crippen molar-refractivity contribution in [3.8, 4) is 0 Å². The normalized spacial score (nSPS) is 12.3. The van der Waals surface area contributed by atoms with E-state index in [2.05, 4.69) is 24.9 Å². The second kappa shape index (κ2) is 4.37. The van der Waals surface area contributed by atoms with E-state index in [4.69, 9.17) is 11.5 Å². The quantitative estimate of drug-likeness (QED) is 0.610. The number of aromatic nitrogens is 4. The molecule has 2 rings (SSSR count). The molecule has 0 aliphatic heterocycles. The predicted octanol–water partition coefficient (Wildman–Crippen LogP) is 0.115. The number of anilines is 2. The Balaban J connectivity index is 2.22. The Bertz CT molecular complexity index is 520. The van der Waals surface area contributed by atoms with Crippen LogP contribution in [0.4, 0.5) is 10.8 Å². The number of hydrogen-bond acceptors (Lipinski definition) is 7. The molecule has 90 valence electrons. The number of nitrogens with two attached hydrogens (primary N) is 2. The highest BCUT2D eigenvalue weighted by atomic mass is 32.1. The summed E-state index contributed by atoms with van der Waals surface area (Å²) in [5.41, 5.74) is 11.0. The first kappa shape index (κ1) is 11.3. The lowest BCUT2D eigenvalue weighted by Crippen LogP contribution is -2.16. The number of primary amides is 1. The van der Waals surface area contributed by atoms with Crippen molar-refractivity contribution in [3.63, 3.8) is 0 Å². The van der Waals surface area contributed by atoms with Crippen LogP contribution in [0.1, 0.15) is 29.1 Å². The molecule has 0 saturated heterocycles. The van der Waals surface area contributed by atoms with Gasteiger partial charge in [-0.2, -0.15) is 9.47 Å². The van der Waals surface area contributed by atoms with Crippen molar-refractivity contribution >= 4 is 28.3 Å². The molecule has 0 aliphatic rings. The van der Waals surface area contributed by atoms with Gasteiger partial charge in [-0.05, 0) is 18.5 Å². The molecule has 1 unspecified atom stereocenters. The Morgan fingerprint density at radius 2 is 2.41 bits per heavy atom. The molecule has 0 fully saturated rings. The molecule has 6 N–H and O–H groups in total. The van der Waals surface area contributed by atoms with Crippen LogP contribution in [0.25, 0.3) is 0 Å².